The number of H-pyrrole nitrogens is 1. The third-order valence-corrected chi connectivity index (χ3v) is 4.24. The molecule has 3 rings (SSSR count). The maximum atomic E-state index is 5.92. The van der Waals surface area contributed by atoms with E-state index in [1.807, 2.05) is 0 Å². The van der Waals surface area contributed by atoms with Gasteiger partial charge in [-0.1, -0.05) is 12.8 Å². The summed E-state index contributed by atoms with van der Waals surface area (Å²) in [5.41, 5.74) is 7.27. The van der Waals surface area contributed by atoms with Crippen LogP contribution in [0.2, 0.25) is 0 Å². The molecular formula is C13H22N4. The molecule has 2 aliphatic rings. The van der Waals surface area contributed by atoms with Gasteiger partial charge in [0.1, 0.15) is 0 Å². The lowest BCUT2D eigenvalue weighted by Crippen LogP contribution is -2.39. The summed E-state index contributed by atoms with van der Waals surface area (Å²) in [6.45, 7) is 2.10. The van der Waals surface area contributed by atoms with Crippen LogP contribution in [0.1, 0.15) is 50.1 Å². The van der Waals surface area contributed by atoms with E-state index in [1.165, 1.54) is 31.4 Å². The Morgan fingerprint density at radius 3 is 2.59 bits per heavy atom. The number of anilines is 1. The Balaban J connectivity index is 1.67. The van der Waals surface area contributed by atoms with Crippen molar-refractivity contribution in [1.29, 1.82) is 0 Å². The number of piperidine rings is 1. The van der Waals surface area contributed by atoms with Gasteiger partial charge >= 0.3 is 0 Å². The number of rotatable bonds is 2. The molecule has 0 unspecified atom stereocenters. The normalized spacial score (nSPS) is 23.5. The largest absolute Gasteiger partial charge is 0.355 e. The number of nitrogens with zero attached hydrogens (tertiary/aromatic N) is 2. The maximum absolute atomic E-state index is 5.92. The van der Waals surface area contributed by atoms with Crippen molar-refractivity contribution in [2.75, 3.05) is 18.0 Å². The molecule has 0 amide bonds. The van der Waals surface area contributed by atoms with Crippen LogP contribution in [0.5, 0.6) is 0 Å². The fourth-order valence-electron chi connectivity index (χ4n) is 3.06. The molecule has 0 atom stereocenters. The summed E-state index contributed by atoms with van der Waals surface area (Å²) in [5, 5.41) is 7.70. The van der Waals surface area contributed by atoms with E-state index in [4.69, 9.17) is 5.73 Å². The molecule has 17 heavy (non-hydrogen) atoms. The quantitative estimate of drug-likeness (QED) is 0.823. The molecule has 1 saturated carbocycles. The van der Waals surface area contributed by atoms with E-state index in [2.05, 4.69) is 21.2 Å². The second kappa shape index (κ2) is 4.69. The number of nitrogens with one attached hydrogen (secondary N) is 1. The summed E-state index contributed by atoms with van der Waals surface area (Å²) in [5.74, 6) is 1.85. The van der Waals surface area contributed by atoms with Crippen LogP contribution in [0.25, 0.3) is 0 Å². The Kier molecular flexibility index (Phi) is 3.05. The molecule has 2 fully saturated rings. The minimum Gasteiger partial charge on any atom is -0.355 e. The zero-order chi connectivity index (χ0) is 11.7. The van der Waals surface area contributed by atoms with E-state index in [0.717, 1.165) is 37.7 Å². The van der Waals surface area contributed by atoms with Crippen LogP contribution in [0.4, 0.5) is 5.82 Å². The maximum Gasteiger partial charge on any atom is 0.150 e. The van der Waals surface area contributed by atoms with Gasteiger partial charge in [0.2, 0.25) is 0 Å². The molecule has 0 aromatic carbocycles. The summed E-state index contributed by atoms with van der Waals surface area (Å²) in [6, 6.07) is 2.65. The predicted octanol–water partition coefficient (Wildman–Crippen LogP) is 1.99. The molecule has 2 heterocycles. The molecule has 1 aromatic rings. The summed E-state index contributed by atoms with van der Waals surface area (Å²) in [4.78, 5) is 2.36. The van der Waals surface area contributed by atoms with Crippen molar-refractivity contribution >= 4 is 5.82 Å². The van der Waals surface area contributed by atoms with E-state index in [0.29, 0.717) is 6.04 Å². The molecular weight excluding hydrogens is 212 g/mol. The number of hydrogen-bond acceptors (Lipinski definition) is 3. The second-order valence-electron chi connectivity index (χ2n) is 5.49. The molecule has 94 valence electrons. The van der Waals surface area contributed by atoms with Crippen LogP contribution in [0.3, 0.4) is 0 Å². The molecule has 0 spiro atoms. The van der Waals surface area contributed by atoms with Crippen LogP contribution >= 0.6 is 0 Å². The number of nitrogens with two attached hydrogens (primary N) is 1. The molecule has 4 nitrogen and oxygen atoms in total. The van der Waals surface area contributed by atoms with Crippen LogP contribution < -0.4 is 10.6 Å². The standard InChI is InChI=1S/C13H22N4/c14-11-5-7-17(8-6-11)13-9-12(15-16-13)10-3-1-2-4-10/h9-11H,1-8,14H2,(H,15,16). The minimum absolute atomic E-state index is 0.388. The smallest absolute Gasteiger partial charge is 0.150 e. The van der Waals surface area contributed by atoms with Gasteiger partial charge in [0.15, 0.2) is 5.82 Å². The van der Waals surface area contributed by atoms with E-state index in [1.54, 1.807) is 0 Å². The number of aromatic amines is 1. The van der Waals surface area contributed by atoms with E-state index >= 15 is 0 Å². The molecule has 1 aliphatic heterocycles. The molecule has 1 saturated heterocycles. The first-order valence-corrected chi connectivity index (χ1v) is 6.89. The van der Waals surface area contributed by atoms with E-state index in [9.17, 15) is 0 Å². The lowest BCUT2D eigenvalue weighted by Gasteiger charge is -2.29. The van der Waals surface area contributed by atoms with Crippen LogP contribution in [0.15, 0.2) is 6.07 Å². The first-order chi connectivity index (χ1) is 8.33. The van der Waals surface area contributed by atoms with Crippen molar-refractivity contribution in [2.45, 2.75) is 50.5 Å². The Morgan fingerprint density at radius 1 is 1.18 bits per heavy atom. The topological polar surface area (TPSA) is 57.9 Å². The van der Waals surface area contributed by atoms with Gasteiger partial charge in [0.05, 0.1) is 0 Å². The van der Waals surface area contributed by atoms with Crippen molar-refractivity contribution in [3.8, 4) is 0 Å². The predicted molar refractivity (Wildman–Crippen MR) is 69.2 cm³/mol. The van der Waals surface area contributed by atoms with E-state index in [-0.39, 0.29) is 0 Å². The monoisotopic (exact) mass is 234 g/mol. The molecule has 4 heteroatoms. The van der Waals surface area contributed by atoms with Crippen molar-refractivity contribution in [1.82, 2.24) is 10.2 Å². The Bertz CT molecular complexity index is 359. The summed E-state index contributed by atoms with van der Waals surface area (Å²) in [7, 11) is 0. The van der Waals surface area contributed by atoms with Crippen molar-refractivity contribution < 1.29 is 0 Å². The first kappa shape index (κ1) is 11.1. The van der Waals surface area contributed by atoms with Gasteiger partial charge < -0.3 is 10.6 Å². The highest BCUT2D eigenvalue weighted by atomic mass is 15.3. The zero-order valence-corrected chi connectivity index (χ0v) is 10.4. The van der Waals surface area contributed by atoms with Crippen LogP contribution in [-0.2, 0) is 0 Å². The Morgan fingerprint density at radius 2 is 1.88 bits per heavy atom. The summed E-state index contributed by atoms with van der Waals surface area (Å²) >= 11 is 0. The average molecular weight is 234 g/mol. The second-order valence-corrected chi connectivity index (χ2v) is 5.49. The van der Waals surface area contributed by atoms with E-state index < -0.39 is 0 Å². The molecule has 1 aliphatic carbocycles. The van der Waals surface area contributed by atoms with Gasteiger partial charge in [0, 0.05) is 36.8 Å². The summed E-state index contributed by atoms with van der Waals surface area (Å²) in [6.07, 6.45) is 7.57. The summed E-state index contributed by atoms with van der Waals surface area (Å²) < 4.78 is 0. The zero-order valence-electron chi connectivity index (χ0n) is 10.4. The van der Waals surface area contributed by atoms with Crippen molar-refractivity contribution in [3.05, 3.63) is 11.8 Å². The Hall–Kier alpha value is -1.03. The average Bonchev–Trinajstić information content (AvgIpc) is 3.00. The van der Waals surface area contributed by atoms with Crippen LogP contribution in [0, 0.1) is 0 Å². The Labute approximate surface area is 103 Å². The molecule has 0 radical (unpaired) electrons. The highest BCUT2D eigenvalue weighted by molar-refractivity contribution is 5.40. The van der Waals surface area contributed by atoms with Gasteiger partial charge in [-0.25, -0.2) is 0 Å². The van der Waals surface area contributed by atoms with Crippen LogP contribution in [-0.4, -0.2) is 29.3 Å². The van der Waals surface area contributed by atoms with Crippen molar-refractivity contribution in [3.63, 3.8) is 0 Å². The highest BCUT2D eigenvalue weighted by Gasteiger charge is 2.22. The number of hydrogen-bond donors (Lipinski definition) is 2. The third-order valence-electron chi connectivity index (χ3n) is 4.24. The molecule has 3 N–H and O–H groups in total. The van der Waals surface area contributed by atoms with Gasteiger partial charge in [-0.3, -0.25) is 5.10 Å². The van der Waals surface area contributed by atoms with Gasteiger partial charge in [-0.2, -0.15) is 5.10 Å². The third kappa shape index (κ3) is 2.32. The van der Waals surface area contributed by atoms with Crippen molar-refractivity contribution in [2.24, 2.45) is 5.73 Å². The molecule has 0 bridgehead atoms. The first-order valence-electron chi connectivity index (χ1n) is 6.89. The minimum atomic E-state index is 0.388. The highest BCUT2D eigenvalue weighted by Crippen LogP contribution is 2.34. The fraction of sp³-hybridized carbons (Fsp3) is 0.769. The lowest BCUT2D eigenvalue weighted by atomic mass is 10.0. The van der Waals surface area contributed by atoms with Gasteiger partial charge in [-0.05, 0) is 25.7 Å². The fourth-order valence-corrected chi connectivity index (χ4v) is 3.06. The van der Waals surface area contributed by atoms with Gasteiger partial charge in [0.25, 0.3) is 0 Å². The SMILES string of the molecule is NC1CCN(c2cc(C3CCCC3)[nH]n2)CC1. The van der Waals surface area contributed by atoms with Gasteiger partial charge in [-0.15, -0.1) is 0 Å². The molecule has 1 aromatic heterocycles. The number of aromatic nitrogens is 2. The lowest BCUT2D eigenvalue weighted by molar-refractivity contribution is 0.498.